The Morgan fingerprint density at radius 1 is 1.42 bits per heavy atom. The number of hydrogen-bond acceptors (Lipinski definition) is 3. The van der Waals surface area contributed by atoms with Gasteiger partial charge in [-0.1, -0.05) is 12.1 Å². The molecule has 1 aromatic carbocycles. The molecule has 0 saturated carbocycles. The van der Waals surface area contributed by atoms with Crippen LogP contribution in [0.1, 0.15) is 44.7 Å². The number of amides is 1. The predicted molar refractivity (Wildman–Crippen MR) is 75.8 cm³/mol. The minimum atomic E-state index is -0.220. The summed E-state index contributed by atoms with van der Waals surface area (Å²) in [7, 11) is 0. The minimum absolute atomic E-state index is 0.0866. The molecule has 1 aliphatic heterocycles. The predicted octanol–water partition coefficient (Wildman–Crippen LogP) is 3.34. The van der Waals surface area contributed by atoms with Crippen molar-refractivity contribution in [2.75, 3.05) is 12.3 Å². The van der Waals surface area contributed by atoms with Crippen molar-refractivity contribution < 1.29 is 9.53 Å². The molecule has 2 N–H and O–H groups in total. The Balaban J connectivity index is 2.18. The van der Waals surface area contributed by atoms with Crippen molar-refractivity contribution >= 4 is 11.8 Å². The standard InChI is InChI=1S/C15H22N2O2/c1-11(2)19-15(18)17-9-4-3-8-14(17)12-6-5-7-13(16)10-12/h5-7,10-11,14H,3-4,8-9,16H2,1-2H3. The molecule has 1 aliphatic rings. The molecule has 0 radical (unpaired) electrons. The maximum absolute atomic E-state index is 12.1. The third kappa shape index (κ3) is 3.40. The summed E-state index contributed by atoms with van der Waals surface area (Å²) in [4.78, 5) is 14.0. The van der Waals surface area contributed by atoms with Gasteiger partial charge in [0.05, 0.1) is 12.1 Å². The number of hydrogen-bond donors (Lipinski definition) is 1. The first-order chi connectivity index (χ1) is 9.08. The van der Waals surface area contributed by atoms with Gasteiger partial charge in [-0.15, -0.1) is 0 Å². The molecule has 19 heavy (non-hydrogen) atoms. The zero-order valence-electron chi connectivity index (χ0n) is 11.6. The Morgan fingerprint density at radius 3 is 2.89 bits per heavy atom. The SMILES string of the molecule is CC(C)OC(=O)N1CCCCC1c1cccc(N)c1. The van der Waals surface area contributed by atoms with Crippen molar-refractivity contribution in [2.24, 2.45) is 0 Å². The van der Waals surface area contributed by atoms with E-state index in [1.165, 1.54) is 0 Å². The first kappa shape index (κ1) is 13.7. The molecule has 2 rings (SSSR count). The van der Waals surface area contributed by atoms with E-state index in [0.717, 1.165) is 37.1 Å². The van der Waals surface area contributed by atoms with E-state index >= 15 is 0 Å². The molecule has 4 heteroatoms. The maximum Gasteiger partial charge on any atom is 0.410 e. The highest BCUT2D eigenvalue weighted by Gasteiger charge is 2.29. The van der Waals surface area contributed by atoms with Gasteiger partial charge < -0.3 is 15.4 Å². The summed E-state index contributed by atoms with van der Waals surface area (Å²) in [6.07, 6.45) is 2.83. The zero-order chi connectivity index (χ0) is 13.8. The summed E-state index contributed by atoms with van der Waals surface area (Å²) in [5.74, 6) is 0. The van der Waals surface area contributed by atoms with E-state index in [1.54, 1.807) is 0 Å². The number of rotatable bonds is 2. The highest BCUT2D eigenvalue weighted by Crippen LogP contribution is 2.32. The lowest BCUT2D eigenvalue weighted by Gasteiger charge is -2.35. The molecule has 0 spiro atoms. The number of nitrogen functional groups attached to an aromatic ring is 1. The van der Waals surface area contributed by atoms with Crippen LogP contribution in [0.15, 0.2) is 24.3 Å². The van der Waals surface area contributed by atoms with Crippen LogP contribution in [-0.2, 0) is 4.74 Å². The number of benzene rings is 1. The summed E-state index contributed by atoms with van der Waals surface area (Å²) < 4.78 is 5.33. The van der Waals surface area contributed by atoms with Crippen molar-refractivity contribution in [1.29, 1.82) is 0 Å². The lowest BCUT2D eigenvalue weighted by atomic mass is 9.95. The van der Waals surface area contributed by atoms with E-state index < -0.39 is 0 Å². The Hall–Kier alpha value is -1.71. The van der Waals surface area contributed by atoms with E-state index in [0.29, 0.717) is 0 Å². The lowest BCUT2D eigenvalue weighted by Crippen LogP contribution is -2.39. The van der Waals surface area contributed by atoms with E-state index in [2.05, 4.69) is 0 Å². The molecular weight excluding hydrogens is 240 g/mol. The van der Waals surface area contributed by atoms with Crippen molar-refractivity contribution in [2.45, 2.75) is 45.3 Å². The van der Waals surface area contributed by atoms with Gasteiger partial charge in [0.25, 0.3) is 0 Å². The normalized spacial score (nSPS) is 19.5. The number of likely N-dealkylation sites (tertiary alicyclic amines) is 1. The van der Waals surface area contributed by atoms with E-state index in [1.807, 2.05) is 43.0 Å². The molecule has 0 bridgehead atoms. The number of ether oxygens (including phenoxy) is 1. The molecule has 4 nitrogen and oxygen atoms in total. The molecule has 0 aliphatic carbocycles. The average molecular weight is 262 g/mol. The number of nitrogens with zero attached hydrogens (tertiary/aromatic N) is 1. The molecular formula is C15H22N2O2. The largest absolute Gasteiger partial charge is 0.447 e. The summed E-state index contributed by atoms with van der Waals surface area (Å²) >= 11 is 0. The van der Waals surface area contributed by atoms with Gasteiger partial charge >= 0.3 is 6.09 Å². The Kier molecular flexibility index (Phi) is 4.30. The van der Waals surface area contributed by atoms with Crippen LogP contribution in [0.25, 0.3) is 0 Å². The molecule has 1 atom stereocenters. The lowest BCUT2D eigenvalue weighted by molar-refractivity contribution is 0.0526. The van der Waals surface area contributed by atoms with Gasteiger partial charge in [0.2, 0.25) is 0 Å². The van der Waals surface area contributed by atoms with E-state index in [9.17, 15) is 4.79 Å². The first-order valence-corrected chi connectivity index (χ1v) is 6.90. The fraction of sp³-hybridized carbons (Fsp3) is 0.533. The van der Waals surface area contributed by atoms with Crippen LogP contribution < -0.4 is 5.73 Å². The van der Waals surface area contributed by atoms with Gasteiger partial charge in [-0.3, -0.25) is 0 Å². The summed E-state index contributed by atoms with van der Waals surface area (Å²) in [5.41, 5.74) is 7.67. The van der Waals surface area contributed by atoms with Gasteiger partial charge in [0, 0.05) is 12.2 Å². The third-order valence-corrected chi connectivity index (χ3v) is 3.37. The van der Waals surface area contributed by atoms with Crippen LogP contribution in [0, 0.1) is 0 Å². The van der Waals surface area contributed by atoms with Gasteiger partial charge in [0.15, 0.2) is 0 Å². The quantitative estimate of drug-likeness (QED) is 0.832. The highest BCUT2D eigenvalue weighted by atomic mass is 16.6. The molecule has 1 aromatic rings. The fourth-order valence-electron chi connectivity index (χ4n) is 2.53. The van der Waals surface area contributed by atoms with Crippen LogP contribution in [0.5, 0.6) is 0 Å². The Morgan fingerprint density at radius 2 is 2.21 bits per heavy atom. The fourth-order valence-corrected chi connectivity index (χ4v) is 2.53. The average Bonchev–Trinajstić information content (AvgIpc) is 2.38. The molecule has 104 valence electrons. The minimum Gasteiger partial charge on any atom is -0.447 e. The van der Waals surface area contributed by atoms with Crippen molar-refractivity contribution in [3.05, 3.63) is 29.8 Å². The summed E-state index contributed by atoms with van der Waals surface area (Å²) in [5, 5.41) is 0. The van der Waals surface area contributed by atoms with E-state index in [4.69, 9.17) is 10.5 Å². The second kappa shape index (κ2) is 5.95. The number of piperidine rings is 1. The second-order valence-corrected chi connectivity index (χ2v) is 5.31. The second-order valence-electron chi connectivity index (χ2n) is 5.31. The van der Waals surface area contributed by atoms with E-state index in [-0.39, 0.29) is 18.2 Å². The van der Waals surface area contributed by atoms with Gasteiger partial charge in [-0.05, 0) is 50.8 Å². The van der Waals surface area contributed by atoms with Crippen LogP contribution >= 0.6 is 0 Å². The molecule has 1 heterocycles. The molecule has 1 amide bonds. The highest BCUT2D eigenvalue weighted by molar-refractivity contribution is 5.68. The topological polar surface area (TPSA) is 55.6 Å². The molecule has 0 aromatic heterocycles. The molecule has 1 fully saturated rings. The number of nitrogens with two attached hydrogens (primary N) is 1. The summed E-state index contributed by atoms with van der Waals surface area (Å²) in [6, 6.07) is 7.87. The van der Waals surface area contributed by atoms with Crippen molar-refractivity contribution in [3.8, 4) is 0 Å². The number of carbonyl (C=O) groups excluding carboxylic acids is 1. The van der Waals surface area contributed by atoms with Gasteiger partial charge in [-0.25, -0.2) is 4.79 Å². The monoisotopic (exact) mass is 262 g/mol. The van der Waals surface area contributed by atoms with Crippen LogP contribution in [0.4, 0.5) is 10.5 Å². The van der Waals surface area contributed by atoms with Gasteiger partial charge in [-0.2, -0.15) is 0 Å². The van der Waals surface area contributed by atoms with Gasteiger partial charge in [0.1, 0.15) is 0 Å². The van der Waals surface area contributed by atoms with Crippen molar-refractivity contribution in [1.82, 2.24) is 4.90 Å². The van der Waals surface area contributed by atoms with Crippen LogP contribution in [0.2, 0.25) is 0 Å². The maximum atomic E-state index is 12.1. The summed E-state index contributed by atoms with van der Waals surface area (Å²) in [6.45, 7) is 4.50. The number of carbonyl (C=O) groups is 1. The Bertz CT molecular complexity index is 446. The third-order valence-electron chi connectivity index (χ3n) is 3.37. The zero-order valence-corrected chi connectivity index (χ0v) is 11.6. The number of anilines is 1. The van der Waals surface area contributed by atoms with Crippen LogP contribution in [0.3, 0.4) is 0 Å². The van der Waals surface area contributed by atoms with Crippen LogP contribution in [-0.4, -0.2) is 23.6 Å². The molecule has 1 unspecified atom stereocenters. The molecule has 1 saturated heterocycles. The Labute approximate surface area is 114 Å². The van der Waals surface area contributed by atoms with Crippen molar-refractivity contribution in [3.63, 3.8) is 0 Å². The first-order valence-electron chi connectivity index (χ1n) is 6.90. The smallest absolute Gasteiger partial charge is 0.410 e.